The number of ether oxygens (including phenoxy) is 2. The molecule has 2 aromatic rings. The van der Waals surface area contributed by atoms with E-state index in [4.69, 9.17) is 9.47 Å². The average molecular weight is 426 g/mol. The van der Waals surface area contributed by atoms with E-state index in [1.54, 1.807) is 11.0 Å². The van der Waals surface area contributed by atoms with Crippen LogP contribution in [0.25, 0.3) is 0 Å². The Bertz CT molecular complexity index is 906. The van der Waals surface area contributed by atoms with E-state index in [-0.39, 0.29) is 18.6 Å². The van der Waals surface area contributed by atoms with Gasteiger partial charge in [0.25, 0.3) is 0 Å². The molecule has 0 spiro atoms. The van der Waals surface area contributed by atoms with Crippen molar-refractivity contribution in [3.63, 3.8) is 0 Å². The van der Waals surface area contributed by atoms with E-state index in [1.165, 1.54) is 19.4 Å². The predicted molar refractivity (Wildman–Crippen MR) is 118 cm³/mol. The van der Waals surface area contributed by atoms with Crippen molar-refractivity contribution in [3.8, 4) is 5.75 Å². The van der Waals surface area contributed by atoms with Crippen LogP contribution in [0.3, 0.4) is 0 Å². The Morgan fingerprint density at radius 3 is 2.52 bits per heavy atom. The van der Waals surface area contributed by atoms with Crippen molar-refractivity contribution in [2.24, 2.45) is 0 Å². The fourth-order valence-corrected chi connectivity index (χ4v) is 3.69. The summed E-state index contributed by atoms with van der Waals surface area (Å²) in [5.41, 5.74) is 1.96. The Morgan fingerprint density at radius 1 is 1.13 bits per heavy atom. The Balaban J connectivity index is 1.60. The van der Waals surface area contributed by atoms with Crippen LogP contribution in [-0.2, 0) is 22.6 Å². The average Bonchev–Trinajstić information content (AvgIpc) is 2.77. The molecule has 6 heteroatoms. The highest BCUT2D eigenvalue weighted by Gasteiger charge is 2.30. The van der Waals surface area contributed by atoms with Gasteiger partial charge in [0, 0.05) is 19.0 Å². The second kappa shape index (κ2) is 9.86. The van der Waals surface area contributed by atoms with Gasteiger partial charge in [-0.3, -0.25) is 0 Å². The number of nitrogens with zero attached hydrogens (tertiary/aromatic N) is 1. The molecule has 31 heavy (non-hydrogen) atoms. The molecule has 166 valence electrons. The van der Waals surface area contributed by atoms with Crippen LogP contribution in [0, 0.1) is 0 Å². The molecule has 1 aliphatic rings. The van der Waals surface area contributed by atoms with Crippen LogP contribution in [-0.4, -0.2) is 40.8 Å². The van der Waals surface area contributed by atoms with Crippen LogP contribution in [0.5, 0.6) is 5.75 Å². The van der Waals surface area contributed by atoms with Gasteiger partial charge in [-0.25, -0.2) is 9.59 Å². The highest BCUT2D eigenvalue weighted by molar-refractivity contribution is 5.76. The number of aryl methyl sites for hydroxylation is 1. The smallest absolute Gasteiger partial charge is 0.410 e. The minimum Gasteiger partial charge on any atom is -0.478 e. The van der Waals surface area contributed by atoms with Gasteiger partial charge < -0.3 is 19.5 Å². The zero-order valence-electron chi connectivity index (χ0n) is 18.5. The third-order valence-corrected chi connectivity index (χ3v) is 5.69. The normalized spacial score (nSPS) is 16.6. The van der Waals surface area contributed by atoms with Crippen molar-refractivity contribution in [1.29, 1.82) is 0 Å². The molecule has 2 aromatic carbocycles. The summed E-state index contributed by atoms with van der Waals surface area (Å²) in [4.78, 5) is 25.7. The molecule has 6 nitrogen and oxygen atoms in total. The Morgan fingerprint density at radius 2 is 1.84 bits per heavy atom. The van der Waals surface area contributed by atoms with Crippen LogP contribution in [0.4, 0.5) is 4.79 Å². The van der Waals surface area contributed by atoms with E-state index in [0.717, 1.165) is 30.4 Å². The minimum absolute atomic E-state index is 0.154. The van der Waals surface area contributed by atoms with Gasteiger partial charge in [0.15, 0.2) is 5.60 Å². The van der Waals surface area contributed by atoms with Gasteiger partial charge in [-0.05, 0) is 61.9 Å². The van der Waals surface area contributed by atoms with Gasteiger partial charge >= 0.3 is 12.1 Å². The molecule has 0 aromatic heterocycles. The number of carbonyl (C=O) groups excluding carboxylic acids is 1. The van der Waals surface area contributed by atoms with E-state index in [9.17, 15) is 14.7 Å². The maximum absolute atomic E-state index is 12.6. The first-order valence-electron chi connectivity index (χ1n) is 10.8. The van der Waals surface area contributed by atoms with Crippen LogP contribution in [0.2, 0.25) is 0 Å². The SMILES string of the molecule is CCc1ccc(COC(=O)N2CCCC(c3cccc(OC(C)(C)C(=O)O)c3)C2)cc1. The van der Waals surface area contributed by atoms with Gasteiger partial charge in [0.05, 0.1) is 0 Å². The molecule has 1 unspecified atom stereocenters. The van der Waals surface area contributed by atoms with E-state index in [1.807, 2.05) is 30.3 Å². The zero-order chi connectivity index (χ0) is 22.4. The molecule has 1 aliphatic heterocycles. The third-order valence-electron chi connectivity index (χ3n) is 5.69. The summed E-state index contributed by atoms with van der Waals surface area (Å²) in [6, 6.07) is 15.6. The second-order valence-electron chi connectivity index (χ2n) is 8.50. The molecule has 0 bridgehead atoms. The Kier molecular flexibility index (Phi) is 7.21. The largest absolute Gasteiger partial charge is 0.478 e. The van der Waals surface area contributed by atoms with Crippen LogP contribution < -0.4 is 4.74 Å². The lowest BCUT2D eigenvalue weighted by atomic mass is 9.90. The number of rotatable bonds is 7. The van der Waals surface area contributed by atoms with Gasteiger partial charge in [-0.1, -0.05) is 43.3 Å². The number of hydrogen-bond donors (Lipinski definition) is 1. The van der Waals surface area contributed by atoms with Crippen LogP contribution in [0.15, 0.2) is 48.5 Å². The van der Waals surface area contributed by atoms with Gasteiger partial charge in [0.2, 0.25) is 0 Å². The maximum Gasteiger partial charge on any atom is 0.410 e. The monoisotopic (exact) mass is 425 g/mol. The molecule has 0 radical (unpaired) electrons. The molecule has 1 heterocycles. The Labute approximate surface area is 183 Å². The number of piperidine rings is 1. The first kappa shape index (κ1) is 22.7. The summed E-state index contributed by atoms with van der Waals surface area (Å²) in [6.07, 6.45) is 2.52. The number of amides is 1. The van der Waals surface area contributed by atoms with Crippen molar-refractivity contribution in [2.75, 3.05) is 13.1 Å². The summed E-state index contributed by atoms with van der Waals surface area (Å²) in [5, 5.41) is 9.29. The zero-order valence-corrected chi connectivity index (χ0v) is 18.5. The topological polar surface area (TPSA) is 76.1 Å². The van der Waals surface area contributed by atoms with E-state index in [2.05, 4.69) is 19.1 Å². The van der Waals surface area contributed by atoms with Gasteiger partial charge in [0.1, 0.15) is 12.4 Å². The van der Waals surface area contributed by atoms with Gasteiger partial charge in [-0.15, -0.1) is 0 Å². The molecule has 1 atom stereocenters. The predicted octanol–water partition coefficient (Wildman–Crippen LogP) is 5.01. The number of carboxylic acids is 1. The van der Waals surface area contributed by atoms with Crippen molar-refractivity contribution < 1.29 is 24.2 Å². The summed E-state index contributed by atoms with van der Waals surface area (Å²) in [6.45, 7) is 6.66. The van der Waals surface area contributed by atoms with Gasteiger partial charge in [-0.2, -0.15) is 0 Å². The highest BCUT2D eigenvalue weighted by Crippen LogP contribution is 2.30. The molecule has 1 saturated heterocycles. The van der Waals surface area contributed by atoms with Crippen molar-refractivity contribution >= 4 is 12.1 Å². The number of aliphatic carboxylic acids is 1. The number of carboxylic acid groups (broad SMARTS) is 1. The molecular formula is C25H31NO5. The lowest BCUT2D eigenvalue weighted by molar-refractivity contribution is -0.152. The number of benzene rings is 2. The molecule has 3 rings (SSSR count). The minimum atomic E-state index is -1.31. The molecule has 0 aliphatic carbocycles. The quantitative estimate of drug-likeness (QED) is 0.675. The van der Waals surface area contributed by atoms with E-state index in [0.29, 0.717) is 18.8 Å². The summed E-state index contributed by atoms with van der Waals surface area (Å²) in [5.74, 6) is -0.351. The summed E-state index contributed by atoms with van der Waals surface area (Å²) >= 11 is 0. The first-order valence-corrected chi connectivity index (χ1v) is 10.8. The molecule has 1 N–H and O–H groups in total. The van der Waals surface area contributed by atoms with Crippen LogP contribution in [0.1, 0.15) is 56.2 Å². The fraction of sp³-hybridized carbons (Fsp3) is 0.440. The maximum atomic E-state index is 12.6. The lowest BCUT2D eigenvalue weighted by Crippen LogP contribution is -2.39. The lowest BCUT2D eigenvalue weighted by Gasteiger charge is -2.32. The van der Waals surface area contributed by atoms with Crippen molar-refractivity contribution in [2.45, 2.75) is 58.2 Å². The molecule has 0 saturated carbocycles. The first-order chi connectivity index (χ1) is 14.8. The fourth-order valence-electron chi connectivity index (χ4n) is 3.69. The molecular weight excluding hydrogens is 394 g/mol. The third kappa shape index (κ3) is 6.00. The molecule has 1 amide bonds. The van der Waals surface area contributed by atoms with E-state index >= 15 is 0 Å². The standard InChI is InChI=1S/C25H31NO5/c1-4-18-10-12-19(13-11-18)17-30-24(29)26-14-6-8-21(16-26)20-7-5-9-22(15-20)31-25(2,3)23(27)28/h5,7,9-13,15,21H,4,6,8,14,16-17H2,1-3H3,(H,27,28). The second-order valence-corrected chi connectivity index (χ2v) is 8.50. The number of likely N-dealkylation sites (tertiary alicyclic amines) is 1. The Hall–Kier alpha value is -3.02. The van der Waals surface area contributed by atoms with E-state index < -0.39 is 11.6 Å². The molecule has 1 fully saturated rings. The van der Waals surface area contributed by atoms with Crippen LogP contribution >= 0.6 is 0 Å². The van der Waals surface area contributed by atoms with Crippen molar-refractivity contribution in [3.05, 3.63) is 65.2 Å². The number of hydrogen-bond acceptors (Lipinski definition) is 4. The number of carbonyl (C=O) groups is 2. The summed E-state index contributed by atoms with van der Waals surface area (Å²) < 4.78 is 11.2. The highest BCUT2D eigenvalue weighted by atomic mass is 16.6. The van der Waals surface area contributed by atoms with Crippen molar-refractivity contribution in [1.82, 2.24) is 4.90 Å². The summed E-state index contributed by atoms with van der Waals surface area (Å²) in [7, 11) is 0.